The molecule has 1 rings (SSSR count). The Morgan fingerprint density at radius 2 is 1.88 bits per heavy atom. The molecule has 0 radical (unpaired) electrons. The molecule has 132 valence electrons. The third kappa shape index (κ3) is 6.21. The number of carbonyl (C=O) groups excluding carboxylic acids is 2. The van der Waals surface area contributed by atoms with E-state index in [4.69, 9.17) is 5.11 Å². The Morgan fingerprint density at radius 1 is 1.25 bits per heavy atom. The van der Waals surface area contributed by atoms with Crippen LogP contribution in [0.1, 0.15) is 23.7 Å². The molecule has 0 saturated carbocycles. The van der Waals surface area contributed by atoms with E-state index in [1.165, 1.54) is 11.8 Å². The quantitative estimate of drug-likeness (QED) is 0.513. The van der Waals surface area contributed by atoms with Crippen molar-refractivity contribution in [2.75, 3.05) is 18.6 Å². The molecule has 24 heavy (non-hydrogen) atoms. The van der Waals surface area contributed by atoms with Crippen molar-refractivity contribution in [2.45, 2.75) is 25.0 Å². The molecule has 7 nitrogen and oxygen atoms in total. The maximum atomic E-state index is 12.2. The van der Waals surface area contributed by atoms with Crippen molar-refractivity contribution in [2.24, 2.45) is 0 Å². The van der Waals surface area contributed by atoms with Gasteiger partial charge in [-0.3, -0.25) is 9.59 Å². The largest absolute Gasteiger partial charge is 0.479 e. The maximum Gasteiger partial charge on any atom is 0.337 e. The summed E-state index contributed by atoms with van der Waals surface area (Å²) in [5.41, 5.74) is -1.64. The summed E-state index contributed by atoms with van der Waals surface area (Å²) >= 11 is 1.52. The van der Waals surface area contributed by atoms with Crippen LogP contribution in [0.25, 0.3) is 0 Å². The highest BCUT2D eigenvalue weighted by Gasteiger charge is 2.31. The van der Waals surface area contributed by atoms with Crippen LogP contribution in [0.4, 0.5) is 0 Å². The van der Waals surface area contributed by atoms with Crippen molar-refractivity contribution >= 4 is 29.5 Å². The molecular weight excluding hydrogens is 332 g/mol. The summed E-state index contributed by atoms with van der Waals surface area (Å²) < 4.78 is 0. The molecule has 0 bridgehead atoms. The Hall–Kier alpha value is -2.06. The smallest absolute Gasteiger partial charge is 0.337 e. The Kier molecular flexibility index (Phi) is 7.73. The summed E-state index contributed by atoms with van der Waals surface area (Å²) in [7, 11) is 0. The predicted octanol–water partition coefficient (Wildman–Crippen LogP) is 0.490. The first kappa shape index (κ1) is 20.0. The fourth-order valence-corrected chi connectivity index (χ4v) is 2.27. The Labute approximate surface area is 144 Å². The molecule has 4 N–H and O–H groups in total. The lowest BCUT2D eigenvalue weighted by Crippen LogP contribution is -2.52. The number of aliphatic carboxylic acids is 1. The first-order chi connectivity index (χ1) is 11.3. The Balaban J connectivity index is 2.71. The average Bonchev–Trinajstić information content (AvgIpc) is 2.56. The monoisotopic (exact) mass is 354 g/mol. The average molecular weight is 354 g/mol. The van der Waals surface area contributed by atoms with Crippen molar-refractivity contribution < 1.29 is 24.6 Å². The van der Waals surface area contributed by atoms with E-state index in [0.29, 0.717) is 17.7 Å². The predicted molar refractivity (Wildman–Crippen MR) is 92.0 cm³/mol. The van der Waals surface area contributed by atoms with Crippen LogP contribution in [0, 0.1) is 0 Å². The minimum absolute atomic E-state index is 0.387. The lowest BCUT2D eigenvalue weighted by Gasteiger charge is -2.22. The minimum Gasteiger partial charge on any atom is -0.479 e. The molecule has 0 fully saturated rings. The van der Waals surface area contributed by atoms with Gasteiger partial charge >= 0.3 is 5.97 Å². The van der Waals surface area contributed by atoms with E-state index in [1.807, 2.05) is 6.26 Å². The topological polar surface area (TPSA) is 116 Å². The first-order valence-electron chi connectivity index (χ1n) is 7.36. The summed E-state index contributed by atoms with van der Waals surface area (Å²) in [4.78, 5) is 35.3. The van der Waals surface area contributed by atoms with Crippen LogP contribution in [0.3, 0.4) is 0 Å². The number of carboxylic acid groups (broad SMARTS) is 1. The van der Waals surface area contributed by atoms with Gasteiger partial charge in [-0.1, -0.05) is 18.2 Å². The first-order valence-corrected chi connectivity index (χ1v) is 8.75. The fourth-order valence-electron chi connectivity index (χ4n) is 1.79. The summed E-state index contributed by atoms with van der Waals surface area (Å²) in [6.45, 7) is 0.646. The molecular formula is C16H22N2O5S. The molecule has 8 heteroatoms. The van der Waals surface area contributed by atoms with Crippen LogP contribution in [0.15, 0.2) is 30.3 Å². The molecule has 1 aromatic rings. The number of hydrogen-bond acceptors (Lipinski definition) is 5. The standard InChI is InChI=1S/C16H22N2O5S/c1-16(23,15(21)22)10-17-14(20)12(8-9-24-2)18-13(19)11-6-4-3-5-7-11/h3-7,12,23H,8-10H2,1-2H3,(H,17,20)(H,18,19)(H,21,22). The van der Waals surface area contributed by atoms with Crippen LogP contribution >= 0.6 is 11.8 Å². The van der Waals surface area contributed by atoms with Gasteiger partial charge in [0.2, 0.25) is 5.91 Å². The molecule has 0 aromatic heterocycles. The van der Waals surface area contributed by atoms with Crippen LogP contribution in [-0.2, 0) is 9.59 Å². The van der Waals surface area contributed by atoms with E-state index in [-0.39, 0.29) is 5.91 Å². The number of benzene rings is 1. The number of nitrogens with one attached hydrogen (secondary N) is 2. The second-order valence-electron chi connectivity index (χ2n) is 5.47. The van der Waals surface area contributed by atoms with Gasteiger partial charge in [-0.05, 0) is 37.5 Å². The Morgan fingerprint density at radius 3 is 2.42 bits per heavy atom. The molecule has 2 amide bonds. The zero-order chi connectivity index (χ0) is 18.2. The highest BCUT2D eigenvalue weighted by Crippen LogP contribution is 2.06. The highest BCUT2D eigenvalue weighted by molar-refractivity contribution is 7.98. The van der Waals surface area contributed by atoms with Crippen LogP contribution in [0.5, 0.6) is 0 Å². The number of hydrogen-bond donors (Lipinski definition) is 4. The summed E-state index contributed by atoms with van der Waals surface area (Å²) in [6, 6.07) is 7.67. The summed E-state index contributed by atoms with van der Waals surface area (Å²) in [6.07, 6.45) is 2.27. The van der Waals surface area contributed by atoms with Gasteiger partial charge in [0.25, 0.3) is 5.91 Å². The second kappa shape index (κ2) is 9.29. The van der Waals surface area contributed by atoms with Gasteiger partial charge in [0.15, 0.2) is 5.60 Å². The van der Waals surface area contributed by atoms with Gasteiger partial charge in [0.1, 0.15) is 6.04 Å². The van der Waals surface area contributed by atoms with E-state index >= 15 is 0 Å². The normalized spacial score (nSPS) is 14.3. The van der Waals surface area contributed by atoms with Crippen LogP contribution < -0.4 is 10.6 Å². The second-order valence-corrected chi connectivity index (χ2v) is 6.46. The van der Waals surface area contributed by atoms with Crippen molar-refractivity contribution in [3.8, 4) is 0 Å². The zero-order valence-electron chi connectivity index (χ0n) is 13.6. The number of rotatable bonds is 9. The highest BCUT2D eigenvalue weighted by atomic mass is 32.2. The SMILES string of the molecule is CSCCC(NC(=O)c1ccccc1)C(=O)NCC(C)(O)C(=O)O. The van der Waals surface area contributed by atoms with Crippen molar-refractivity contribution in [3.05, 3.63) is 35.9 Å². The molecule has 0 aliphatic rings. The van der Waals surface area contributed by atoms with Crippen molar-refractivity contribution in [1.82, 2.24) is 10.6 Å². The number of amides is 2. The number of aliphatic hydroxyl groups is 1. The van der Waals surface area contributed by atoms with Crippen molar-refractivity contribution in [3.63, 3.8) is 0 Å². The third-order valence-electron chi connectivity index (χ3n) is 3.34. The summed E-state index contributed by atoms with van der Waals surface area (Å²) in [5, 5.41) is 23.5. The third-order valence-corrected chi connectivity index (χ3v) is 3.98. The molecule has 0 aliphatic heterocycles. The van der Waals surface area contributed by atoms with Crippen LogP contribution in [-0.4, -0.2) is 58.2 Å². The summed E-state index contributed by atoms with van der Waals surface area (Å²) in [5.74, 6) is -1.71. The number of thioether (sulfide) groups is 1. The molecule has 0 heterocycles. The zero-order valence-corrected chi connectivity index (χ0v) is 14.4. The maximum absolute atomic E-state index is 12.2. The van der Waals surface area contributed by atoms with Gasteiger partial charge in [0.05, 0.1) is 6.54 Å². The number of carboxylic acids is 1. The van der Waals surface area contributed by atoms with E-state index in [0.717, 1.165) is 6.92 Å². The van der Waals surface area contributed by atoms with Gasteiger partial charge in [-0.2, -0.15) is 11.8 Å². The lowest BCUT2D eigenvalue weighted by molar-refractivity contribution is -0.156. The van der Waals surface area contributed by atoms with Crippen molar-refractivity contribution in [1.29, 1.82) is 0 Å². The van der Waals surface area contributed by atoms with Gasteiger partial charge in [-0.15, -0.1) is 0 Å². The lowest BCUT2D eigenvalue weighted by atomic mass is 10.1. The van der Waals surface area contributed by atoms with E-state index in [1.54, 1.807) is 30.3 Å². The Bertz CT molecular complexity index is 577. The molecule has 1 aromatic carbocycles. The van der Waals surface area contributed by atoms with E-state index in [2.05, 4.69) is 10.6 Å². The number of carbonyl (C=O) groups is 3. The molecule has 2 atom stereocenters. The van der Waals surface area contributed by atoms with Gasteiger partial charge < -0.3 is 20.8 Å². The fraction of sp³-hybridized carbons (Fsp3) is 0.438. The minimum atomic E-state index is -2.07. The van der Waals surface area contributed by atoms with Gasteiger partial charge in [0, 0.05) is 5.56 Å². The molecule has 2 unspecified atom stereocenters. The van der Waals surface area contributed by atoms with E-state index in [9.17, 15) is 19.5 Å². The van der Waals surface area contributed by atoms with Gasteiger partial charge in [-0.25, -0.2) is 4.79 Å². The van der Waals surface area contributed by atoms with E-state index < -0.39 is 30.1 Å². The van der Waals surface area contributed by atoms with Crippen LogP contribution in [0.2, 0.25) is 0 Å². The molecule has 0 spiro atoms. The molecule has 0 saturated heterocycles. The molecule has 0 aliphatic carbocycles.